The lowest BCUT2D eigenvalue weighted by molar-refractivity contribution is 0.686. The third-order valence-electron chi connectivity index (χ3n) is 19.2. The smallest absolute Gasteiger partial charge is 0.0543 e. The highest BCUT2D eigenvalue weighted by atomic mass is 15.2. The summed E-state index contributed by atoms with van der Waals surface area (Å²) < 4.78 is 4.91. The Labute approximate surface area is 493 Å². The van der Waals surface area contributed by atoms with Crippen LogP contribution in [-0.2, 0) is 25.7 Å². The topological polar surface area (TPSA) is 16.3 Å². The lowest BCUT2D eigenvalue weighted by atomic mass is 9.83. The summed E-state index contributed by atoms with van der Waals surface area (Å²) in [6.07, 6.45) is 9.20. The first-order valence-electron chi connectivity index (χ1n) is 31.0. The molecule has 14 aromatic rings. The molecular formula is C80H70N4. The van der Waals surface area contributed by atoms with Gasteiger partial charge in [0, 0.05) is 66.4 Å². The molecule has 0 N–H and O–H groups in total. The van der Waals surface area contributed by atoms with Crippen molar-refractivity contribution in [2.75, 3.05) is 9.80 Å². The van der Waals surface area contributed by atoms with Gasteiger partial charge in [0.2, 0.25) is 0 Å². The molecule has 2 heterocycles. The molecule has 4 heteroatoms. The number of benzene rings is 12. The van der Waals surface area contributed by atoms with Crippen molar-refractivity contribution in [2.45, 2.75) is 105 Å². The number of hydrogen-bond donors (Lipinski definition) is 0. The second-order valence-corrected chi connectivity index (χ2v) is 25.1. The molecule has 84 heavy (non-hydrogen) atoms. The Hall–Kier alpha value is -9.12. The van der Waals surface area contributed by atoms with Gasteiger partial charge in [-0.1, -0.05) is 136 Å². The second-order valence-electron chi connectivity index (χ2n) is 25.1. The highest BCUT2D eigenvalue weighted by Crippen LogP contribution is 2.53. The minimum atomic E-state index is 0.263. The summed E-state index contributed by atoms with van der Waals surface area (Å²) in [5.74, 6) is 0.526. The van der Waals surface area contributed by atoms with Crippen molar-refractivity contribution in [1.82, 2.24) is 9.13 Å². The van der Waals surface area contributed by atoms with Crippen LogP contribution in [0.3, 0.4) is 0 Å². The molecule has 2 aliphatic carbocycles. The Kier molecular flexibility index (Phi) is 11.9. The zero-order chi connectivity index (χ0) is 56.5. The SMILES string of the molecule is Cc1ccc2c(c1)c1cc(N(c3cccc4c3CCCC4)c3cc(C(C)C)c4ccc5c(N(c6ccc7c(c6)c6cc(C)ccc6n7-c6ccccc6)c6cccc7c6CCCC7)cc(C(C)C)c6ccc3c4c65)ccc1n2-c1ccccc1. The normalized spacial score (nSPS) is 13.7. The Morgan fingerprint density at radius 2 is 0.702 bits per heavy atom. The molecular weight excluding hydrogens is 1020 g/mol. The Bertz CT molecular complexity index is 4630. The van der Waals surface area contributed by atoms with Gasteiger partial charge in [0.05, 0.1) is 33.4 Å². The predicted octanol–water partition coefficient (Wildman–Crippen LogP) is 22.3. The van der Waals surface area contributed by atoms with E-state index in [9.17, 15) is 0 Å². The average Bonchev–Trinajstić information content (AvgIpc) is 1.14. The molecule has 0 fully saturated rings. The lowest BCUT2D eigenvalue weighted by Gasteiger charge is -2.34. The van der Waals surface area contributed by atoms with Gasteiger partial charge in [-0.2, -0.15) is 0 Å². The van der Waals surface area contributed by atoms with Crippen molar-refractivity contribution in [3.05, 3.63) is 251 Å². The Balaban J connectivity index is 0.995. The van der Waals surface area contributed by atoms with Gasteiger partial charge in [0.1, 0.15) is 0 Å². The maximum absolute atomic E-state index is 2.68. The quantitative estimate of drug-likeness (QED) is 0.127. The van der Waals surface area contributed by atoms with Crippen molar-refractivity contribution in [1.29, 1.82) is 0 Å². The van der Waals surface area contributed by atoms with E-state index in [0.29, 0.717) is 0 Å². The number of fused-ring (bicyclic) bond motifs is 8. The summed E-state index contributed by atoms with van der Waals surface area (Å²) >= 11 is 0. The fraction of sp³-hybridized carbons (Fsp3) is 0.200. The van der Waals surface area contributed by atoms with Gasteiger partial charge in [0.15, 0.2) is 0 Å². The van der Waals surface area contributed by atoms with E-state index in [-0.39, 0.29) is 11.8 Å². The summed E-state index contributed by atoms with van der Waals surface area (Å²) in [6.45, 7) is 14.0. The van der Waals surface area contributed by atoms with Gasteiger partial charge in [-0.15, -0.1) is 0 Å². The highest BCUT2D eigenvalue weighted by molar-refractivity contribution is 6.30. The van der Waals surface area contributed by atoms with E-state index < -0.39 is 0 Å². The fourth-order valence-electron chi connectivity index (χ4n) is 15.3. The first-order valence-corrected chi connectivity index (χ1v) is 31.0. The highest BCUT2D eigenvalue weighted by Gasteiger charge is 2.30. The van der Waals surface area contributed by atoms with E-state index in [4.69, 9.17) is 0 Å². The summed E-state index contributed by atoms with van der Waals surface area (Å²) in [5.41, 5.74) is 25.9. The third kappa shape index (κ3) is 7.86. The van der Waals surface area contributed by atoms with Gasteiger partial charge in [0.25, 0.3) is 0 Å². The van der Waals surface area contributed by atoms with E-state index in [2.05, 4.69) is 267 Å². The van der Waals surface area contributed by atoms with Crippen LogP contribution in [-0.4, -0.2) is 9.13 Å². The number of rotatable bonds is 10. The van der Waals surface area contributed by atoms with Gasteiger partial charge in [-0.05, 0) is 241 Å². The monoisotopic (exact) mass is 1090 g/mol. The van der Waals surface area contributed by atoms with Crippen LogP contribution in [0.25, 0.3) is 87.3 Å². The molecule has 410 valence electrons. The molecule has 0 spiro atoms. The number of para-hydroxylation sites is 2. The van der Waals surface area contributed by atoms with Crippen molar-refractivity contribution in [3.8, 4) is 11.4 Å². The molecule has 2 aliphatic rings. The maximum atomic E-state index is 2.68. The van der Waals surface area contributed by atoms with Crippen LogP contribution >= 0.6 is 0 Å². The van der Waals surface area contributed by atoms with E-state index in [0.717, 1.165) is 25.7 Å². The molecule has 0 bridgehead atoms. The summed E-state index contributed by atoms with van der Waals surface area (Å²) in [6, 6.07) is 79.7. The van der Waals surface area contributed by atoms with Crippen LogP contribution in [0.2, 0.25) is 0 Å². The molecule has 16 rings (SSSR count). The number of aryl methyl sites for hydroxylation is 4. The molecule has 2 aromatic heterocycles. The molecule has 0 amide bonds. The van der Waals surface area contributed by atoms with Crippen LogP contribution in [0, 0.1) is 13.8 Å². The number of anilines is 6. The molecule has 0 radical (unpaired) electrons. The van der Waals surface area contributed by atoms with Crippen molar-refractivity contribution < 1.29 is 0 Å². The van der Waals surface area contributed by atoms with E-state index >= 15 is 0 Å². The standard InChI is InChI=1S/C80H70N4/c1-49(2)65-47-77(83(71-29-17-21-53-19-13-15-27-59(53)71)57-33-41-75-69(45-57)67-43-51(5)31-39-73(67)81(75)55-23-9-7-10-24-55)63-38-36-62-66(50(3)4)48-78(64-37-35-61(65)79(63)80(62)64)84(72-30-18-22-54-20-14-16-28-60(54)72)58-34-42-76-70(46-58)68-44-52(6)32-40-74(68)82(76)56-25-11-8-12-26-56/h7-12,17-18,21-26,29-50H,13-16,19-20,27-28H2,1-6H3. The number of aromatic nitrogens is 2. The average molecular weight is 1090 g/mol. The van der Waals surface area contributed by atoms with Crippen molar-refractivity contribution in [2.24, 2.45) is 0 Å². The first-order chi connectivity index (χ1) is 41.2. The summed E-state index contributed by atoms with van der Waals surface area (Å²) in [5, 5.41) is 13.0. The second kappa shape index (κ2) is 19.8. The van der Waals surface area contributed by atoms with Gasteiger partial charge in [-0.25, -0.2) is 0 Å². The minimum Gasteiger partial charge on any atom is -0.310 e. The van der Waals surface area contributed by atoms with E-state index in [1.165, 1.54) is 192 Å². The van der Waals surface area contributed by atoms with Crippen molar-refractivity contribution in [3.63, 3.8) is 0 Å². The predicted molar refractivity (Wildman–Crippen MR) is 359 cm³/mol. The summed E-state index contributed by atoms with van der Waals surface area (Å²) in [4.78, 5) is 5.36. The molecule has 0 saturated carbocycles. The van der Waals surface area contributed by atoms with Crippen LogP contribution in [0.1, 0.15) is 110 Å². The van der Waals surface area contributed by atoms with Crippen molar-refractivity contribution >= 4 is 110 Å². The minimum absolute atomic E-state index is 0.263. The largest absolute Gasteiger partial charge is 0.310 e. The molecule has 4 nitrogen and oxygen atoms in total. The Morgan fingerprint density at radius 3 is 1.12 bits per heavy atom. The van der Waals surface area contributed by atoms with Crippen LogP contribution < -0.4 is 9.80 Å². The molecule has 0 unspecified atom stereocenters. The zero-order valence-corrected chi connectivity index (χ0v) is 49.2. The third-order valence-corrected chi connectivity index (χ3v) is 19.2. The van der Waals surface area contributed by atoms with E-state index in [1.807, 2.05) is 0 Å². The lowest BCUT2D eigenvalue weighted by Crippen LogP contribution is -2.17. The fourth-order valence-corrected chi connectivity index (χ4v) is 15.3. The van der Waals surface area contributed by atoms with Gasteiger partial charge in [-0.3, -0.25) is 0 Å². The van der Waals surface area contributed by atoms with Crippen LogP contribution in [0.15, 0.2) is 206 Å². The van der Waals surface area contributed by atoms with Crippen LogP contribution in [0.4, 0.5) is 34.1 Å². The zero-order valence-electron chi connectivity index (χ0n) is 49.2. The van der Waals surface area contributed by atoms with Gasteiger partial charge >= 0.3 is 0 Å². The first kappa shape index (κ1) is 50.6. The number of nitrogens with zero attached hydrogens (tertiary/aromatic N) is 4. The Morgan fingerprint density at radius 1 is 0.321 bits per heavy atom. The molecule has 0 aliphatic heterocycles. The van der Waals surface area contributed by atoms with E-state index in [1.54, 1.807) is 0 Å². The molecule has 0 saturated heterocycles. The molecule has 0 atom stereocenters. The van der Waals surface area contributed by atoms with Gasteiger partial charge < -0.3 is 18.9 Å². The molecule has 12 aromatic carbocycles. The van der Waals surface area contributed by atoms with Crippen LogP contribution in [0.5, 0.6) is 0 Å². The number of hydrogen-bond acceptors (Lipinski definition) is 2. The maximum Gasteiger partial charge on any atom is 0.0543 e. The summed E-state index contributed by atoms with van der Waals surface area (Å²) in [7, 11) is 0.